The molecule has 1 N–H and O–H groups in total. The second-order valence-electron chi connectivity index (χ2n) is 6.86. The monoisotopic (exact) mass is 434 g/mol. The largest absolute Gasteiger partial charge is 0.390 e. The van der Waals surface area contributed by atoms with Crippen LogP contribution in [-0.2, 0) is 6.61 Å². The van der Waals surface area contributed by atoms with Gasteiger partial charge in [0.15, 0.2) is 0 Å². The minimum atomic E-state index is -0.169. The normalized spacial score (nSPS) is 11.3. The summed E-state index contributed by atoms with van der Waals surface area (Å²) in [6, 6.07) is 21.7. The van der Waals surface area contributed by atoms with Gasteiger partial charge in [-0.2, -0.15) is 0 Å². The maximum atomic E-state index is 9.62. The van der Waals surface area contributed by atoms with Crippen molar-refractivity contribution >= 4 is 29.3 Å². The standard InChI is InChI=1S/C25H20Cl2N2O/c1-2-6-17-7-5-8-18(13-17)19-11-12-24(23(27)14-19)29-15-20(16-30)28-25(29)21-9-3-4-10-22(21)26/h2-15,30H,16H2,1H3/b6-2+. The van der Waals surface area contributed by atoms with E-state index in [4.69, 9.17) is 23.2 Å². The van der Waals surface area contributed by atoms with Gasteiger partial charge >= 0.3 is 0 Å². The summed E-state index contributed by atoms with van der Waals surface area (Å²) in [6.07, 6.45) is 5.87. The Kier molecular flexibility index (Phi) is 6.05. The Morgan fingerprint density at radius 3 is 2.47 bits per heavy atom. The third-order valence-corrected chi connectivity index (χ3v) is 5.45. The number of halogens is 2. The van der Waals surface area contributed by atoms with Crippen LogP contribution in [0.2, 0.25) is 10.0 Å². The van der Waals surface area contributed by atoms with Crippen LogP contribution in [0.3, 0.4) is 0 Å². The quantitative estimate of drug-likeness (QED) is 0.365. The molecule has 0 atom stereocenters. The first kappa shape index (κ1) is 20.4. The molecule has 30 heavy (non-hydrogen) atoms. The lowest BCUT2D eigenvalue weighted by Gasteiger charge is -2.12. The molecule has 0 aliphatic rings. The van der Waals surface area contributed by atoms with Crippen LogP contribution in [0.4, 0.5) is 0 Å². The zero-order chi connectivity index (χ0) is 21.1. The smallest absolute Gasteiger partial charge is 0.146 e. The average Bonchev–Trinajstić information content (AvgIpc) is 3.18. The van der Waals surface area contributed by atoms with Crippen molar-refractivity contribution in [2.45, 2.75) is 13.5 Å². The van der Waals surface area contributed by atoms with Crippen molar-refractivity contribution in [3.05, 3.63) is 100 Å². The summed E-state index contributed by atoms with van der Waals surface area (Å²) >= 11 is 13.1. The number of allylic oxidation sites excluding steroid dienone is 1. The molecule has 0 aliphatic carbocycles. The molecular weight excluding hydrogens is 415 g/mol. The van der Waals surface area contributed by atoms with Gasteiger partial charge in [-0.25, -0.2) is 4.98 Å². The summed E-state index contributed by atoms with van der Waals surface area (Å²) in [5, 5.41) is 10.8. The highest BCUT2D eigenvalue weighted by Gasteiger charge is 2.16. The molecule has 4 aromatic rings. The fraction of sp³-hybridized carbons (Fsp3) is 0.0800. The first-order valence-corrected chi connectivity index (χ1v) is 10.3. The molecule has 5 heteroatoms. The molecular formula is C25H20Cl2N2O. The number of aliphatic hydroxyl groups excluding tert-OH is 1. The van der Waals surface area contributed by atoms with E-state index in [9.17, 15) is 5.11 Å². The average molecular weight is 435 g/mol. The Hall–Kier alpha value is -2.85. The SMILES string of the molecule is C/C=C/c1cccc(-c2ccc(-n3cc(CO)nc3-c3ccccc3Cl)c(Cl)c2)c1. The molecule has 0 radical (unpaired) electrons. The van der Waals surface area contributed by atoms with Gasteiger partial charge < -0.3 is 5.11 Å². The van der Waals surface area contributed by atoms with Crippen LogP contribution < -0.4 is 0 Å². The van der Waals surface area contributed by atoms with E-state index >= 15 is 0 Å². The molecule has 1 heterocycles. The maximum absolute atomic E-state index is 9.62. The Morgan fingerprint density at radius 1 is 0.933 bits per heavy atom. The van der Waals surface area contributed by atoms with Crippen LogP contribution in [0.25, 0.3) is 34.3 Å². The summed E-state index contributed by atoms with van der Waals surface area (Å²) in [7, 11) is 0. The van der Waals surface area contributed by atoms with E-state index < -0.39 is 0 Å². The Balaban J connectivity index is 1.80. The molecule has 150 valence electrons. The van der Waals surface area contributed by atoms with Crippen molar-refractivity contribution in [3.8, 4) is 28.2 Å². The fourth-order valence-corrected chi connectivity index (χ4v) is 3.91. The highest BCUT2D eigenvalue weighted by Crippen LogP contribution is 2.34. The lowest BCUT2D eigenvalue weighted by molar-refractivity contribution is 0.277. The first-order valence-electron chi connectivity index (χ1n) is 9.58. The van der Waals surface area contributed by atoms with E-state index in [1.54, 1.807) is 6.20 Å². The van der Waals surface area contributed by atoms with Crippen LogP contribution in [-0.4, -0.2) is 14.7 Å². The van der Waals surface area contributed by atoms with Crippen molar-refractivity contribution in [2.24, 2.45) is 0 Å². The van der Waals surface area contributed by atoms with Crippen LogP contribution in [0, 0.1) is 0 Å². The number of benzene rings is 3. The predicted molar refractivity (Wildman–Crippen MR) is 125 cm³/mol. The molecule has 0 bridgehead atoms. The zero-order valence-electron chi connectivity index (χ0n) is 16.4. The Morgan fingerprint density at radius 2 is 1.73 bits per heavy atom. The van der Waals surface area contributed by atoms with E-state index in [1.165, 1.54) is 0 Å². The van der Waals surface area contributed by atoms with Gasteiger partial charge in [0.05, 0.1) is 28.0 Å². The lowest BCUT2D eigenvalue weighted by atomic mass is 10.0. The van der Waals surface area contributed by atoms with Crippen molar-refractivity contribution in [1.29, 1.82) is 0 Å². The van der Waals surface area contributed by atoms with E-state index in [1.807, 2.05) is 66.1 Å². The fourth-order valence-electron chi connectivity index (χ4n) is 3.42. The number of rotatable bonds is 5. The van der Waals surface area contributed by atoms with Crippen molar-refractivity contribution in [3.63, 3.8) is 0 Å². The summed E-state index contributed by atoms with van der Waals surface area (Å²) < 4.78 is 1.87. The molecule has 4 rings (SSSR count). The van der Waals surface area contributed by atoms with E-state index in [0.717, 1.165) is 27.9 Å². The summed E-state index contributed by atoms with van der Waals surface area (Å²) in [5.41, 5.74) is 5.34. The van der Waals surface area contributed by atoms with Gasteiger partial charge in [0.2, 0.25) is 0 Å². The lowest BCUT2D eigenvalue weighted by Crippen LogP contribution is -1.98. The first-order chi connectivity index (χ1) is 14.6. The summed E-state index contributed by atoms with van der Waals surface area (Å²) in [4.78, 5) is 4.55. The number of imidazole rings is 1. The van der Waals surface area contributed by atoms with Gasteiger partial charge in [0.25, 0.3) is 0 Å². The number of hydrogen-bond acceptors (Lipinski definition) is 2. The van der Waals surface area contributed by atoms with Crippen molar-refractivity contribution < 1.29 is 5.11 Å². The van der Waals surface area contributed by atoms with Crippen LogP contribution >= 0.6 is 23.2 Å². The number of hydrogen-bond donors (Lipinski definition) is 1. The maximum Gasteiger partial charge on any atom is 0.146 e. The highest BCUT2D eigenvalue weighted by molar-refractivity contribution is 6.33. The molecule has 0 saturated heterocycles. The second-order valence-corrected chi connectivity index (χ2v) is 7.67. The van der Waals surface area contributed by atoms with E-state index in [-0.39, 0.29) is 6.61 Å². The molecule has 3 aromatic carbocycles. The van der Waals surface area contributed by atoms with Gasteiger partial charge in [0.1, 0.15) is 5.82 Å². The van der Waals surface area contributed by atoms with Crippen LogP contribution in [0.1, 0.15) is 18.2 Å². The molecule has 0 fully saturated rings. The van der Waals surface area contributed by atoms with Crippen LogP contribution in [0.5, 0.6) is 0 Å². The molecule has 0 unspecified atom stereocenters. The molecule has 0 aliphatic heterocycles. The second kappa shape index (κ2) is 8.88. The topological polar surface area (TPSA) is 38.0 Å². The van der Waals surface area contributed by atoms with Gasteiger partial charge in [-0.05, 0) is 53.9 Å². The van der Waals surface area contributed by atoms with E-state index in [0.29, 0.717) is 21.6 Å². The predicted octanol–water partition coefficient (Wildman–Crippen LogP) is 7.04. The Labute approximate surface area is 185 Å². The summed E-state index contributed by atoms with van der Waals surface area (Å²) in [5.74, 6) is 0.634. The zero-order valence-corrected chi connectivity index (χ0v) is 17.9. The van der Waals surface area contributed by atoms with Crippen LogP contribution in [0.15, 0.2) is 79.0 Å². The van der Waals surface area contributed by atoms with Gasteiger partial charge in [0, 0.05) is 11.8 Å². The van der Waals surface area contributed by atoms with Crippen molar-refractivity contribution in [2.75, 3.05) is 0 Å². The number of aliphatic hydroxyl groups is 1. The van der Waals surface area contributed by atoms with E-state index in [2.05, 4.69) is 29.3 Å². The molecule has 3 nitrogen and oxygen atoms in total. The minimum Gasteiger partial charge on any atom is -0.390 e. The summed E-state index contributed by atoms with van der Waals surface area (Å²) in [6.45, 7) is 1.83. The van der Waals surface area contributed by atoms with Gasteiger partial charge in [-0.1, -0.05) is 71.8 Å². The molecule has 1 aromatic heterocycles. The Bertz CT molecular complexity index is 1230. The van der Waals surface area contributed by atoms with Gasteiger partial charge in [-0.3, -0.25) is 4.57 Å². The van der Waals surface area contributed by atoms with Crippen molar-refractivity contribution in [1.82, 2.24) is 9.55 Å². The minimum absolute atomic E-state index is 0.169. The molecule has 0 amide bonds. The van der Waals surface area contributed by atoms with Gasteiger partial charge in [-0.15, -0.1) is 0 Å². The molecule has 0 spiro atoms. The third kappa shape index (κ3) is 4.05. The molecule has 0 saturated carbocycles. The highest BCUT2D eigenvalue weighted by atomic mass is 35.5. The number of aromatic nitrogens is 2. The third-order valence-electron chi connectivity index (χ3n) is 4.82. The number of nitrogens with zero attached hydrogens (tertiary/aromatic N) is 2.